The Hall–Kier alpha value is -3.11. The van der Waals surface area contributed by atoms with Crippen molar-refractivity contribution in [3.8, 4) is 6.07 Å². The second kappa shape index (κ2) is 10.3. The first-order chi connectivity index (χ1) is 14.6. The highest BCUT2D eigenvalue weighted by Crippen LogP contribution is 2.22. The Kier molecular flexibility index (Phi) is 8.01. The van der Waals surface area contributed by atoms with Gasteiger partial charge in [-0.2, -0.15) is 10.4 Å². The summed E-state index contributed by atoms with van der Waals surface area (Å²) < 4.78 is 6.63. The van der Waals surface area contributed by atoms with Crippen LogP contribution in [0.1, 0.15) is 43.2 Å². The van der Waals surface area contributed by atoms with Crippen molar-refractivity contribution < 1.29 is 14.3 Å². The van der Waals surface area contributed by atoms with Gasteiger partial charge in [-0.05, 0) is 38.3 Å². The van der Waals surface area contributed by atoms with E-state index in [4.69, 9.17) is 16.3 Å². The van der Waals surface area contributed by atoms with E-state index in [1.54, 1.807) is 18.5 Å². The van der Waals surface area contributed by atoms with Gasteiger partial charge in [-0.1, -0.05) is 55.3 Å². The third-order valence-electron chi connectivity index (χ3n) is 5.08. The number of amides is 1. The minimum Gasteiger partial charge on any atom is -0.452 e. The van der Waals surface area contributed by atoms with E-state index in [1.807, 2.05) is 45.0 Å². The highest BCUT2D eigenvalue weighted by Gasteiger charge is 2.30. The molecule has 0 saturated heterocycles. The lowest BCUT2D eigenvalue weighted by atomic mass is 9.90. The number of aryl methyl sites for hydroxylation is 2. The normalized spacial score (nSPS) is 13.1. The highest BCUT2D eigenvalue weighted by molar-refractivity contribution is 6.31. The van der Waals surface area contributed by atoms with Crippen molar-refractivity contribution in [2.45, 2.75) is 46.7 Å². The summed E-state index contributed by atoms with van der Waals surface area (Å²) in [7, 11) is 0. The number of carbonyl (C=O) groups excluding carboxylic acids is 2. The van der Waals surface area contributed by atoms with E-state index in [0.717, 1.165) is 5.56 Å². The van der Waals surface area contributed by atoms with Crippen molar-refractivity contribution in [1.29, 1.82) is 5.26 Å². The first-order valence-electron chi connectivity index (χ1n) is 9.91. The molecule has 1 aromatic heterocycles. The third-order valence-corrected chi connectivity index (χ3v) is 5.48. The van der Waals surface area contributed by atoms with Crippen LogP contribution in [0.15, 0.2) is 30.3 Å². The summed E-state index contributed by atoms with van der Waals surface area (Å²) in [6, 6.07) is 10.1. The zero-order valence-electron chi connectivity index (χ0n) is 18.4. The standard InChI is InChI=1S/C23H27ClN4O3/c1-15(2)23(5,14-25)26-20(29)13-31-21(30)11-10-19-17(4)27-28(22(19)24)12-18-8-6-16(3)7-9-18/h6-11,15H,12-13H2,1-5H3,(H,26,29). The van der Waals surface area contributed by atoms with Gasteiger partial charge >= 0.3 is 5.97 Å². The molecule has 7 nitrogen and oxygen atoms in total. The van der Waals surface area contributed by atoms with Crippen LogP contribution in [-0.4, -0.2) is 33.8 Å². The molecule has 2 rings (SSSR count). The Morgan fingerprint density at radius 3 is 2.55 bits per heavy atom. The summed E-state index contributed by atoms with van der Waals surface area (Å²) in [6.07, 6.45) is 2.72. The Labute approximate surface area is 187 Å². The minimum absolute atomic E-state index is 0.0985. The van der Waals surface area contributed by atoms with E-state index in [-0.39, 0.29) is 5.92 Å². The molecular formula is C23H27ClN4O3. The van der Waals surface area contributed by atoms with Crippen molar-refractivity contribution in [2.75, 3.05) is 6.61 Å². The predicted octanol–water partition coefficient (Wildman–Crippen LogP) is 3.81. The molecule has 1 N–H and O–H groups in total. The highest BCUT2D eigenvalue weighted by atomic mass is 35.5. The first-order valence-corrected chi connectivity index (χ1v) is 10.3. The number of ether oxygens (including phenoxy) is 1. The van der Waals surface area contributed by atoms with E-state index in [2.05, 4.69) is 16.5 Å². The quantitative estimate of drug-likeness (QED) is 0.495. The van der Waals surface area contributed by atoms with Gasteiger partial charge in [0.05, 0.1) is 18.3 Å². The van der Waals surface area contributed by atoms with Crippen LogP contribution in [0.5, 0.6) is 0 Å². The summed E-state index contributed by atoms with van der Waals surface area (Å²) in [6.45, 7) is 9.11. The Morgan fingerprint density at radius 1 is 1.32 bits per heavy atom. The molecule has 1 heterocycles. The average Bonchev–Trinajstić information content (AvgIpc) is 2.98. The molecule has 0 spiro atoms. The summed E-state index contributed by atoms with van der Waals surface area (Å²) in [5.41, 5.74) is 2.47. The monoisotopic (exact) mass is 442 g/mol. The van der Waals surface area contributed by atoms with Crippen molar-refractivity contribution in [2.24, 2.45) is 5.92 Å². The Balaban J connectivity index is 1.98. The number of nitriles is 1. The Bertz CT molecular complexity index is 1020. The van der Waals surface area contributed by atoms with Crippen molar-refractivity contribution in [3.05, 3.63) is 57.9 Å². The van der Waals surface area contributed by atoms with E-state index >= 15 is 0 Å². The number of nitrogens with one attached hydrogen (secondary N) is 1. The third kappa shape index (κ3) is 6.43. The van der Waals surface area contributed by atoms with Crippen molar-refractivity contribution in [3.63, 3.8) is 0 Å². The number of nitrogens with zero attached hydrogens (tertiary/aromatic N) is 3. The molecule has 31 heavy (non-hydrogen) atoms. The van der Waals surface area contributed by atoms with E-state index in [0.29, 0.717) is 23.0 Å². The van der Waals surface area contributed by atoms with Gasteiger partial charge in [0.15, 0.2) is 6.61 Å². The molecule has 0 radical (unpaired) electrons. The molecule has 1 unspecified atom stereocenters. The molecule has 0 aliphatic carbocycles. The average molecular weight is 443 g/mol. The maximum Gasteiger partial charge on any atom is 0.331 e. The molecule has 164 valence electrons. The second-order valence-corrected chi connectivity index (χ2v) is 8.25. The summed E-state index contributed by atoms with van der Waals surface area (Å²) in [5.74, 6) is -1.33. The number of hydrogen-bond acceptors (Lipinski definition) is 5. The van der Waals surface area contributed by atoms with Crippen LogP contribution < -0.4 is 5.32 Å². The molecule has 0 aliphatic rings. The number of rotatable bonds is 8. The van der Waals surface area contributed by atoms with Crippen LogP contribution in [0, 0.1) is 31.1 Å². The van der Waals surface area contributed by atoms with Gasteiger partial charge in [0.25, 0.3) is 5.91 Å². The van der Waals surface area contributed by atoms with Crippen LogP contribution in [0.2, 0.25) is 5.15 Å². The molecule has 1 aromatic carbocycles. The zero-order valence-corrected chi connectivity index (χ0v) is 19.2. The summed E-state index contributed by atoms with van der Waals surface area (Å²) >= 11 is 6.44. The fourth-order valence-electron chi connectivity index (χ4n) is 2.69. The van der Waals surface area contributed by atoms with E-state index < -0.39 is 24.0 Å². The molecule has 0 bridgehead atoms. The fraction of sp³-hybridized carbons (Fsp3) is 0.391. The van der Waals surface area contributed by atoms with Gasteiger partial charge in [0.1, 0.15) is 10.7 Å². The van der Waals surface area contributed by atoms with Crippen LogP contribution in [0.4, 0.5) is 0 Å². The lowest BCUT2D eigenvalue weighted by molar-refractivity contribution is -0.144. The van der Waals surface area contributed by atoms with Crippen LogP contribution in [-0.2, 0) is 20.9 Å². The number of hydrogen-bond donors (Lipinski definition) is 1. The lowest BCUT2D eigenvalue weighted by Gasteiger charge is -2.27. The first kappa shape index (κ1) is 24.2. The molecule has 8 heteroatoms. The lowest BCUT2D eigenvalue weighted by Crippen LogP contribution is -2.50. The van der Waals surface area contributed by atoms with Gasteiger partial charge in [0, 0.05) is 11.6 Å². The topological polar surface area (TPSA) is 97.0 Å². The molecule has 1 atom stereocenters. The van der Waals surface area contributed by atoms with E-state index in [9.17, 15) is 14.9 Å². The van der Waals surface area contributed by atoms with Gasteiger partial charge in [-0.15, -0.1) is 0 Å². The van der Waals surface area contributed by atoms with Crippen molar-refractivity contribution in [1.82, 2.24) is 15.1 Å². The number of carbonyl (C=O) groups is 2. The van der Waals surface area contributed by atoms with Crippen LogP contribution in [0.3, 0.4) is 0 Å². The minimum atomic E-state index is -1.03. The molecular weight excluding hydrogens is 416 g/mol. The molecule has 2 aromatic rings. The maximum atomic E-state index is 12.0. The SMILES string of the molecule is Cc1ccc(Cn2nc(C)c(C=CC(=O)OCC(=O)NC(C)(C#N)C(C)C)c2Cl)cc1. The van der Waals surface area contributed by atoms with Crippen molar-refractivity contribution >= 4 is 29.6 Å². The van der Waals surface area contributed by atoms with Crippen LogP contribution >= 0.6 is 11.6 Å². The van der Waals surface area contributed by atoms with E-state index in [1.165, 1.54) is 17.7 Å². The molecule has 0 saturated carbocycles. The van der Waals surface area contributed by atoms with Gasteiger partial charge in [-0.3, -0.25) is 4.79 Å². The molecule has 0 fully saturated rings. The van der Waals surface area contributed by atoms with Gasteiger partial charge in [-0.25, -0.2) is 9.48 Å². The summed E-state index contributed by atoms with van der Waals surface area (Å²) in [4.78, 5) is 24.0. The largest absolute Gasteiger partial charge is 0.452 e. The Morgan fingerprint density at radius 2 is 1.97 bits per heavy atom. The smallest absolute Gasteiger partial charge is 0.331 e. The zero-order chi connectivity index (χ0) is 23.2. The van der Waals surface area contributed by atoms with Gasteiger partial charge < -0.3 is 10.1 Å². The molecule has 0 aliphatic heterocycles. The second-order valence-electron chi connectivity index (χ2n) is 7.89. The molecule has 1 amide bonds. The van der Waals surface area contributed by atoms with Gasteiger partial charge in [0.2, 0.25) is 0 Å². The fourth-order valence-corrected chi connectivity index (χ4v) is 2.99. The maximum absolute atomic E-state index is 12.0. The number of benzene rings is 1. The van der Waals surface area contributed by atoms with Crippen LogP contribution in [0.25, 0.3) is 6.08 Å². The number of aromatic nitrogens is 2. The number of halogens is 1. The number of esters is 1. The predicted molar refractivity (Wildman–Crippen MR) is 119 cm³/mol. The summed E-state index contributed by atoms with van der Waals surface area (Å²) in [5, 5.41) is 16.7.